The summed E-state index contributed by atoms with van der Waals surface area (Å²) in [6.07, 6.45) is 1.96. The maximum Gasteiger partial charge on any atom is 0.241 e. The summed E-state index contributed by atoms with van der Waals surface area (Å²) >= 11 is 5.83. The van der Waals surface area contributed by atoms with Gasteiger partial charge in [0.1, 0.15) is 23.8 Å². The highest BCUT2D eigenvalue weighted by Gasteiger charge is 2.41. The van der Waals surface area contributed by atoms with Crippen molar-refractivity contribution in [2.24, 2.45) is 0 Å². The van der Waals surface area contributed by atoms with Gasteiger partial charge in [-0.3, -0.25) is 4.79 Å². The van der Waals surface area contributed by atoms with E-state index in [2.05, 4.69) is 23.9 Å². The van der Waals surface area contributed by atoms with Crippen molar-refractivity contribution in [2.45, 2.75) is 25.7 Å². The van der Waals surface area contributed by atoms with Gasteiger partial charge in [0.2, 0.25) is 5.91 Å². The molecule has 0 unspecified atom stereocenters. The van der Waals surface area contributed by atoms with Crippen molar-refractivity contribution in [1.29, 1.82) is 0 Å². The van der Waals surface area contributed by atoms with Gasteiger partial charge in [0.05, 0.1) is 18.5 Å². The van der Waals surface area contributed by atoms with Crippen LogP contribution in [0.4, 0.5) is 10.1 Å². The van der Waals surface area contributed by atoms with Gasteiger partial charge in [-0.15, -0.1) is 11.6 Å². The average molecular weight is 403 g/mol. The molecule has 0 atom stereocenters. The molecule has 1 aliphatic heterocycles. The SMILES string of the molecule is COc1cc(F)ccc1Cc1cc2c(n3ncnc13)C(C)(C)CN2C(=O)CCl. The van der Waals surface area contributed by atoms with Crippen molar-refractivity contribution in [2.75, 3.05) is 24.4 Å². The van der Waals surface area contributed by atoms with E-state index in [1.165, 1.54) is 25.6 Å². The molecule has 0 N–H and O–H groups in total. The number of rotatable bonds is 4. The average Bonchev–Trinajstić information content (AvgIpc) is 3.25. The highest BCUT2D eigenvalue weighted by Crippen LogP contribution is 2.42. The number of fused-ring (bicyclic) bond motifs is 3. The van der Waals surface area contributed by atoms with Crippen LogP contribution in [0.25, 0.3) is 5.65 Å². The van der Waals surface area contributed by atoms with Crippen LogP contribution in [0.2, 0.25) is 0 Å². The fourth-order valence-corrected chi connectivity index (χ4v) is 4.06. The Morgan fingerprint density at radius 1 is 1.32 bits per heavy atom. The van der Waals surface area contributed by atoms with Crippen LogP contribution in [-0.4, -0.2) is 40.0 Å². The number of hydrogen-bond acceptors (Lipinski definition) is 4. The summed E-state index contributed by atoms with van der Waals surface area (Å²) in [4.78, 5) is 18.6. The van der Waals surface area contributed by atoms with E-state index >= 15 is 0 Å². The fourth-order valence-electron chi connectivity index (χ4n) is 3.92. The molecule has 1 aliphatic rings. The van der Waals surface area contributed by atoms with Crippen LogP contribution >= 0.6 is 11.6 Å². The molecule has 0 bridgehead atoms. The standard InChI is InChI=1S/C20H20ClFN4O2/c1-20(2)10-25(17(27)9-21)15-7-13(19-23-11-24-26(19)18(15)20)6-12-4-5-14(22)8-16(12)28-3/h4-5,7-8,11H,6,9-10H2,1-3H3. The lowest BCUT2D eigenvalue weighted by Gasteiger charge is -2.19. The Hall–Kier alpha value is -2.67. The number of methoxy groups -OCH3 is 1. The predicted molar refractivity (Wildman–Crippen MR) is 105 cm³/mol. The van der Waals surface area contributed by atoms with Crippen LogP contribution in [-0.2, 0) is 16.6 Å². The first kappa shape index (κ1) is 18.7. The van der Waals surface area contributed by atoms with Gasteiger partial charge in [0, 0.05) is 30.0 Å². The van der Waals surface area contributed by atoms with Gasteiger partial charge in [-0.05, 0) is 17.7 Å². The van der Waals surface area contributed by atoms with Crippen molar-refractivity contribution in [1.82, 2.24) is 14.6 Å². The maximum absolute atomic E-state index is 13.6. The van der Waals surface area contributed by atoms with Crippen molar-refractivity contribution < 1.29 is 13.9 Å². The summed E-state index contributed by atoms with van der Waals surface area (Å²) in [5, 5.41) is 4.41. The van der Waals surface area contributed by atoms with E-state index in [1.807, 2.05) is 6.07 Å². The number of pyridine rings is 1. The summed E-state index contributed by atoms with van der Waals surface area (Å²) in [7, 11) is 1.51. The fraction of sp³-hybridized carbons (Fsp3) is 0.350. The maximum atomic E-state index is 13.6. The third-order valence-corrected chi connectivity index (χ3v) is 5.36. The second-order valence-electron chi connectivity index (χ2n) is 7.53. The number of amides is 1. The molecule has 28 heavy (non-hydrogen) atoms. The Balaban J connectivity index is 1.89. The molecule has 4 rings (SSSR count). The van der Waals surface area contributed by atoms with Crippen LogP contribution in [0.3, 0.4) is 0 Å². The summed E-state index contributed by atoms with van der Waals surface area (Å²) in [5.74, 6) is -0.139. The minimum atomic E-state index is -0.359. The topological polar surface area (TPSA) is 59.7 Å². The van der Waals surface area contributed by atoms with E-state index < -0.39 is 0 Å². The lowest BCUT2D eigenvalue weighted by Crippen LogP contribution is -2.34. The number of alkyl halides is 1. The monoisotopic (exact) mass is 402 g/mol. The first-order valence-corrected chi connectivity index (χ1v) is 9.44. The molecule has 2 aromatic heterocycles. The number of nitrogens with zero attached hydrogens (tertiary/aromatic N) is 4. The van der Waals surface area contributed by atoms with E-state index in [9.17, 15) is 9.18 Å². The summed E-state index contributed by atoms with van der Waals surface area (Å²) in [6.45, 7) is 4.65. The number of ether oxygens (including phenoxy) is 1. The van der Waals surface area contributed by atoms with Crippen LogP contribution in [0.5, 0.6) is 5.75 Å². The molecule has 146 valence electrons. The number of carbonyl (C=O) groups is 1. The third kappa shape index (κ3) is 2.90. The van der Waals surface area contributed by atoms with Gasteiger partial charge in [0.25, 0.3) is 0 Å². The molecule has 1 amide bonds. The van der Waals surface area contributed by atoms with Gasteiger partial charge in [0.15, 0.2) is 5.65 Å². The van der Waals surface area contributed by atoms with Crippen LogP contribution in [0.15, 0.2) is 30.6 Å². The Morgan fingerprint density at radius 2 is 2.11 bits per heavy atom. The minimum Gasteiger partial charge on any atom is -0.496 e. The van der Waals surface area contributed by atoms with Crippen molar-refractivity contribution in [3.05, 3.63) is 53.2 Å². The number of anilines is 1. The molecule has 3 aromatic rings. The Bertz CT molecular complexity index is 1080. The van der Waals surface area contributed by atoms with E-state index in [0.29, 0.717) is 24.4 Å². The molecule has 0 spiro atoms. The second kappa shape index (κ2) is 6.74. The quantitative estimate of drug-likeness (QED) is 0.628. The lowest BCUT2D eigenvalue weighted by atomic mass is 9.90. The zero-order valence-corrected chi connectivity index (χ0v) is 16.6. The van der Waals surface area contributed by atoms with Gasteiger partial charge in [-0.25, -0.2) is 13.9 Å². The van der Waals surface area contributed by atoms with Crippen molar-refractivity contribution in [3.63, 3.8) is 0 Å². The summed E-state index contributed by atoms with van der Waals surface area (Å²) in [5.41, 5.74) is 3.80. The van der Waals surface area contributed by atoms with Gasteiger partial charge in [-0.1, -0.05) is 19.9 Å². The molecular weight excluding hydrogens is 383 g/mol. The molecule has 3 heterocycles. The molecule has 1 aromatic carbocycles. The highest BCUT2D eigenvalue weighted by atomic mass is 35.5. The van der Waals surface area contributed by atoms with Gasteiger partial charge in [-0.2, -0.15) is 5.10 Å². The Labute approximate surface area is 166 Å². The van der Waals surface area contributed by atoms with E-state index in [-0.39, 0.29) is 23.0 Å². The lowest BCUT2D eigenvalue weighted by molar-refractivity contribution is -0.116. The van der Waals surface area contributed by atoms with Crippen LogP contribution in [0.1, 0.15) is 30.7 Å². The van der Waals surface area contributed by atoms with Crippen LogP contribution in [0, 0.1) is 5.82 Å². The zero-order chi connectivity index (χ0) is 20.1. The molecule has 8 heteroatoms. The largest absolute Gasteiger partial charge is 0.496 e. The Kier molecular flexibility index (Phi) is 4.50. The van der Waals surface area contributed by atoms with Crippen LogP contribution < -0.4 is 9.64 Å². The van der Waals surface area contributed by atoms with Gasteiger partial charge >= 0.3 is 0 Å². The first-order valence-electron chi connectivity index (χ1n) is 8.90. The van der Waals surface area contributed by atoms with E-state index in [4.69, 9.17) is 16.3 Å². The zero-order valence-electron chi connectivity index (χ0n) is 15.9. The van der Waals surface area contributed by atoms with E-state index in [1.54, 1.807) is 15.5 Å². The molecule has 0 radical (unpaired) electrons. The molecule has 0 saturated heterocycles. The second-order valence-corrected chi connectivity index (χ2v) is 7.80. The third-order valence-electron chi connectivity index (χ3n) is 5.13. The minimum absolute atomic E-state index is 0.0912. The first-order chi connectivity index (χ1) is 13.4. The van der Waals surface area contributed by atoms with Crippen molar-refractivity contribution >= 4 is 28.8 Å². The smallest absolute Gasteiger partial charge is 0.241 e. The number of benzene rings is 1. The molecule has 6 nitrogen and oxygen atoms in total. The molecular formula is C20H20ClFN4O2. The molecule has 0 aliphatic carbocycles. The number of hydrogen-bond donors (Lipinski definition) is 0. The molecule has 0 fully saturated rings. The number of halogens is 2. The highest BCUT2D eigenvalue weighted by molar-refractivity contribution is 6.29. The summed E-state index contributed by atoms with van der Waals surface area (Å²) in [6, 6.07) is 6.41. The number of aromatic nitrogens is 3. The van der Waals surface area contributed by atoms with Gasteiger partial charge < -0.3 is 9.64 Å². The predicted octanol–water partition coefficient (Wildman–Crippen LogP) is 3.33. The molecule has 0 saturated carbocycles. The summed E-state index contributed by atoms with van der Waals surface area (Å²) < 4.78 is 20.7. The Morgan fingerprint density at radius 3 is 2.82 bits per heavy atom. The van der Waals surface area contributed by atoms with Crippen molar-refractivity contribution in [3.8, 4) is 5.75 Å². The number of carbonyl (C=O) groups excluding carboxylic acids is 1. The van der Waals surface area contributed by atoms with E-state index in [0.717, 1.165) is 22.5 Å². The normalized spacial score (nSPS) is 15.1.